The van der Waals surface area contributed by atoms with Crippen LogP contribution in [0.5, 0.6) is 0 Å². The first-order chi connectivity index (χ1) is 7.66. The number of hydrogen-bond acceptors (Lipinski definition) is 4. The lowest BCUT2D eigenvalue weighted by molar-refractivity contribution is 0.0698. The van der Waals surface area contributed by atoms with Gasteiger partial charge >= 0.3 is 5.97 Å². The van der Waals surface area contributed by atoms with Gasteiger partial charge in [0.15, 0.2) is 0 Å². The number of aromatic carboxylic acids is 1. The second kappa shape index (κ2) is 2.94. The zero-order chi connectivity index (χ0) is 11.3. The highest BCUT2D eigenvalue weighted by atomic mass is 16.5. The van der Waals surface area contributed by atoms with Gasteiger partial charge in [-0.3, -0.25) is 9.78 Å². The van der Waals surface area contributed by atoms with Crippen LogP contribution in [0.4, 0.5) is 0 Å². The van der Waals surface area contributed by atoms with Gasteiger partial charge in [0.2, 0.25) is 5.71 Å². The standard InChI is InChI=1S/C10H8N2O4/c13-6-3-5(10(14)15)7-8(4-1-2-4)12-16-9(7)11-6/h3-4H,1-2H2,(H,11,13)(H,14,15). The molecule has 0 aromatic carbocycles. The van der Waals surface area contributed by atoms with Gasteiger partial charge in [-0.1, -0.05) is 5.16 Å². The van der Waals surface area contributed by atoms with Gasteiger partial charge in [-0.05, 0) is 12.8 Å². The van der Waals surface area contributed by atoms with Crippen LogP contribution in [0.3, 0.4) is 0 Å². The summed E-state index contributed by atoms with van der Waals surface area (Å²) in [7, 11) is 0. The molecule has 0 bridgehead atoms. The number of rotatable bonds is 2. The van der Waals surface area contributed by atoms with Crippen LogP contribution < -0.4 is 5.56 Å². The van der Waals surface area contributed by atoms with Crippen molar-refractivity contribution in [3.05, 3.63) is 27.7 Å². The second-order valence-corrected chi connectivity index (χ2v) is 3.90. The van der Waals surface area contributed by atoms with E-state index >= 15 is 0 Å². The van der Waals surface area contributed by atoms with Gasteiger partial charge in [0.05, 0.1) is 16.6 Å². The number of pyridine rings is 1. The van der Waals surface area contributed by atoms with Crippen LogP contribution in [-0.2, 0) is 0 Å². The van der Waals surface area contributed by atoms with Crippen molar-refractivity contribution in [2.75, 3.05) is 0 Å². The quantitative estimate of drug-likeness (QED) is 0.789. The van der Waals surface area contributed by atoms with E-state index in [0.29, 0.717) is 11.1 Å². The summed E-state index contributed by atoms with van der Waals surface area (Å²) in [6.07, 6.45) is 1.97. The van der Waals surface area contributed by atoms with Crippen LogP contribution in [0, 0.1) is 0 Å². The summed E-state index contributed by atoms with van der Waals surface area (Å²) in [6, 6.07) is 1.06. The molecule has 2 aromatic rings. The molecule has 0 spiro atoms. The summed E-state index contributed by atoms with van der Waals surface area (Å²) < 4.78 is 4.95. The van der Waals surface area contributed by atoms with E-state index in [-0.39, 0.29) is 17.2 Å². The predicted octanol–water partition coefficient (Wildman–Crippen LogP) is 1.09. The molecule has 0 radical (unpaired) electrons. The molecule has 1 aliphatic rings. The van der Waals surface area contributed by atoms with Crippen LogP contribution in [-0.4, -0.2) is 21.2 Å². The fourth-order valence-electron chi connectivity index (χ4n) is 1.80. The van der Waals surface area contributed by atoms with Crippen LogP contribution in [0.2, 0.25) is 0 Å². The van der Waals surface area contributed by atoms with Gasteiger partial charge in [0.1, 0.15) is 0 Å². The van der Waals surface area contributed by atoms with Crippen molar-refractivity contribution < 1.29 is 14.4 Å². The van der Waals surface area contributed by atoms with Gasteiger partial charge < -0.3 is 9.63 Å². The largest absolute Gasteiger partial charge is 0.478 e. The maximum atomic E-state index is 11.2. The first-order valence-corrected chi connectivity index (χ1v) is 4.92. The molecular formula is C10H8N2O4. The zero-order valence-electron chi connectivity index (χ0n) is 8.19. The minimum absolute atomic E-state index is 0.0399. The SMILES string of the molecule is O=C(O)c1cc(=O)[nH]c2onc(C3CC3)c12. The number of nitrogens with zero attached hydrogens (tertiary/aromatic N) is 1. The minimum Gasteiger partial charge on any atom is -0.478 e. The topological polar surface area (TPSA) is 96.2 Å². The number of aromatic amines is 1. The molecule has 82 valence electrons. The molecule has 0 atom stereocenters. The Morgan fingerprint density at radius 2 is 2.31 bits per heavy atom. The van der Waals surface area contributed by atoms with Crippen LogP contribution in [0.25, 0.3) is 11.1 Å². The van der Waals surface area contributed by atoms with Crippen molar-refractivity contribution in [2.45, 2.75) is 18.8 Å². The first kappa shape index (κ1) is 9.14. The summed E-state index contributed by atoms with van der Waals surface area (Å²) in [5, 5.41) is 13.3. The Labute approximate surface area is 88.9 Å². The molecule has 6 heteroatoms. The predicted molar refractivity (Wildman–Crippen MR) is 53.6 cm³/mol. The third-order valence-electron chi connectivity index (χ3n) is 2.69. The van der Waals surface area contributed by atoms with Crippen molar-refractivity contribution in [2.24, 2.45) is 0 Å². The molecule has 6 nitrogen and oxygen atoms in total. The molecule has 0 saturated heterocycles. The fourth-order valence-corrected chi connectivity index (χ4v) is 1.80. The van der Waals surface area contributed by atoms with Gasteiger partial charge in [0.25, 0.3) is 5.56 Å². The summed E-state index contributed by atoms with van der Waals surface area (Å²) in [4.78, 5) is 24.7. The molecule has 1 saturated carbocycles. The number of carboxylic acid groups (broad SMARTS) is 1. The number of carbonyl (C=O) groups is 1. The molecule has 2 heterocycles. The van der Waals surface area contributed by atoms with Crippen molar-refractivity contribution in [3.63, 3.8) is 0 Å². The van der Waals surface area contributed by atoms with E-state index in [0.717, 1.165) is 18.9 Å². The molecule has 0 amide bonds. The first-order valence-electron chi connectivity index (χ1n) is 4.92. The highest BCUT2D eigenvalue weighted by Crippen LogP contribution is 2.42. The highest BCUT2D eigenvalue weighted by molar-refractivity contribution is 6.02. The Morgan fingerprint density at radius 3 is 2.94 bits per heavy atom. The number of hydrogen-bond donors (Lipinski definition) is 2. The number of aromatic nitrogens is 2. The molecular weight excluding hydrogens is 212 g/mol. The van der Waals surface area contributed by atoms with Crippen LogP contribution in [0.15, 0.2) is 15.4 Å². The molecule has 0 aliphatic heterocycles. The second-order valence-electron chi connectivity index (χ2n) is 3.90. The van der Waals surface area contributed by atoms with E-state index < -0.39 is 11.5 Å². The van der Waals surface area contributed by atoms with E-state index in [9.17, 15) is 9.59 Å². The number of fused-ring (bicyclic) bond motifs is 1. The number of carboxylic acids is 1. The average molecular weight is 220 g/mol. The van der Waals surface area contributed by atoms with E-state index in [2.05, 4.69) is 10.1 Å². The van der Waals surface area contributed by atoms with E-state index in [1.807, 2.05) is 0 Å². The summed E-state index contributed by atoms with van der Waals surface area (Å²) in [6.45, 7) is 0. The Kier molecular flexibility index (Phi) is 1.68. The third kappa shape index (κ3) is 1.23. The van der Waals surface area contributed by atoms with E-state index in [4.69, 9.17) is 9.63 Å². The maximum Gasteiger partial charge on any atom is 0.336 e. The number of H-pyrrole nitrogens is 1. The van der Waals surface area contributed by atoms with Crippen LogP contribution in [0.1, 0.15) is 34.8 Å². The summed E-state index contributed by atoms with van der Waals surface area (Å²) in [5.74, 6) is -0.869. The van der Waals surface area contributed by atoms with Gasteiger partial charge in [0, 0.05) is 12.0 Å². The molecule has 2 aromatic heterocycles. The van der Waals surface area contributed by atoms with Gasteiger partial charge in [-0.25, -0.2) is 4.79 Å². The summed E-state index contributed by atoms with van der Waals surface area (Å²) >= 11 is 0. The maximum absolute atomic E-state index is 11.2. The normalized spacial score (nSPS) is 15.5. The van der Waals surface area contributed by atoms with E-state index in [1.165, 1.54) is 0 Å². The molecule has 1 fully saturated rings. The van der Waals surface area contributed by atoms with Crippen LogP contribution >= 0.6 is 0 Å². The Balaban J connectivity index is 2.39. The molecule has 16 heavy (non-hydrogen) atoms. The third-order valence-corrected chi connectivity index (χ3v) is 2.69. The Bertz CT molecular complexity index is 636. The lowest BCUT2D eigenvalue weighted by atomic mass is 10.1. The van der Waals surface area contributed by atoms with Crippen molar-refractivity contribution in [1.82, 2.24) is 10.1 Å². The minimum atomic E-state index is -1.14. The average Bonchev–Trinajstić information content (AvgIpc) is 2.98. The monoisotopic (exact) mass is 220 g/mol. The van der Waals surface area contributed by atoms with Crippen molar-refractivity contribution in [1.29, 1.82) is 0 Å². The lowest BCUT2D eigenvalue weighted by Crippen LogP contribution is -2.09. The van der Waals surface area contributed by atoms with Gasteiger partial charge in [-0.2, -0.15) is 0 Å². The highest BCUT2D eigenvalue weighted by Gasteiger charge is 2.31. The molecule has 0 unspecified atom stereocenters. The van der Waals surface area contributed by atoms with Gasteiger partial charge in [-0.15, -0.1) is 0 Å². The molecule has 2 N–H and O–H groups in total. The Hall–Kier alpha value is -2.11. The number of nitrogens with one attached hydrogen (secondary N) is 1. The van der Waals surface area contributed by atoms with Crippen molar-refractivity contribution >= 4 is 17.1 Å². The smallest absolute Gasteiger partial charge is 0.336 e. The summed E-state index contributed by atoms with van der Waals surface area (Å²) in [5.41, 5.74) is 0.251. The fraction of sp³-hybridized carbons (Fsp3) is 0.300. The Morgan fingerprint density at radius 1 is 1.56 bits per heavy atom. The lowest BCUT2D eigenvalue weighted by Gasteiger charge is -1.96. The molecule has 3 rings (SSSR count). The van der Waals surface area contributed by atoms with Crippen molar-refractivity contribution in [3.8, 4) is 0 Å². The molecule has 1 aliphatic carbocycles. The van der Waals surface area contributed by atoms with E-state index in [1.54, 1.807) is 0 Å². The zero-order valence-corrected chi connectivity index (χ0v) is 8.19.